The number of rotatable bonds is 3. The van der Waals surface area contributed by atoms with Gasteiger partial charge in [-0.15, -0.1) is 5.10 Å². The molecule has 0 aliphatic carbocycles. The number of aromatic nitrogens is 4. The fraction of sp³-hybridized carbons (Fsp3) is 0.250. The summed E-state index contributed by atoms with van der Waals surface area (Å²) < 4.78 is 63.0. The Morgan fingerprint density at radius 1 is 1.35 bits per heavy atom. The summed E-state index contributed by atoms with van der Waals surface area (Å²) in [6.45, 7) is 1.50. The summed E-state index contributed by atoms with van der Waals surface area (Å²) >= 11 is 0.377. The quantitative estimate of drug-likeness (QED) is 0.716. The second-order valence-corrected chi connectivity index (χ2v) is 7.71. The summed E-state index contributed by atoms with van der Waals surface area (Å²) in [4.78, 5) is 8.03. The number of sulfone groups is 1. The Kier molecular flexibility index (Phi) is 3.64. The first-order chi connectivity index (χ1) is 10.7. The van der Waals surface area contributed by atoms with Gasteiger partial charge in [-0.25, -0.2) is 17.9 Å². The third kappa shape index (κ3) is 2.81. The van der Waals surface area contributed by atoms with Gasteiger partial charge >= 0.3 is 6.18 Å². The van der Waals surface area contributed by atoms with E-state index in [1.807, 2.05) is 0 Å². The van der Waals surface area contributed by atoms with Crippen LogP contribution in [0.3, 0.4) is 0 Å². The summed E-state index contributed by atoms with van der Waals surface area (Å²) in [5.41, 5.74) is 0.255. The van der Waals surface area contributed by atoms with Gasteiger partial charge in [-0.2, -0.15) is 13.2 Å². The maximum Gasteiger partial charge on any atom is 0.445 e. The molecule has 0 amide bonds. The zero-order chi connectivity index (χ0) is 16.8. The summed E-state index contributed by atoms with van der Waals surface area (Å²) in [5, 5.41) is 2.39. The van der Waals surface area contributed by atoms with Crippen LogP contribution in [0, 0.1) is 0 Å². The van der Waals surface area contributed by atoms with Gasteiger partial charge in [0, 0.05) is 6.20 Å². The number of pyridine rings is 1. The first-order valence-electron chi connectivity index (χ1n) is 6.34. The lowest BCUT2D eigenvalue weighted by atomic mass is 10.3. The van der Waals surface area contributed by atoms with E-state index in [1.165, 1.54) is 31.5 Å². The minimum absolute atomic E-state index is 0.00991. The molecule has 0 aliphatic rings. The normalized spacial score (nSPS) is 12.9. The van der Waals surface area contributed by atoms with Crippen molar-refractivity contribution in [3.8, 4) is 11.4 Å². The number of nitrogens with zero attached hydrogens (tertiary/aromatic N) is 4. The fourth-order valence-electron chi connectivity index (χ4n) is 1.92. The number of hydrogen-bond acceptors (Lipinski definition) is 6. The average molecular weight is 362 g/mol. The van der Waals surface area contributed by atoms with E-state index in [0.717, 1.165) is 4.52 Å². The van der Waals surface area contributed by atoms with Crippen LogP contribution >= 0.6 is 11.3 Å². The first-order valence-corrected chi connectivity index (χ1v) is 8.81. The predicted octanol–water partition coefficient (Wildman–Crippen LogP) is 2.67. The van der Waals surface area contributed by atoms with E-state index in [4.69, 9.17) is 0 Å². The molecular formula is C12H9F3N4O2S2. The summed E-state index contributed by atoms with van der Waals surface area (Å²) in [6.07, 6.45) is -1.92. The fourth-order valence-corrected chi connectivity index (χ4v) is 3.72. The van der Waals surface area contributed by atoms with Crippen molar-refractivity contribution in [3.63, 3.8) is 0 Å². The van der Waals surface area contributed by atoms with Crippen molar-refractivity contribution in [2.45, 2.75) is 18.0 Å². The molecule has 0 aliphatic heterocycles. The van der Waals surface area contributed by atoms with Gasteiger partial charge in [0.05, 0.1) is 16.8 Å². The number of fused-ring (bicyclic) bond motifs is 1. The molecule has 0 bridgehead atoms. The third-order valence-corrected chi connectivity index (χ3v) is 5.74. The lowest BCUT2D eigenvalue weighted by Gasteiger charge is -2.05. The van der Waals surface area contributed by atoms with Crippen molar-refractivity contribution < 1.29 is 21.6 Å². The Balaban J connectivity index is 2.14. The highest BCUT2D eigenvalue weighted by Gasteiger charge is 2.36. The van der Waals surface area contributed by atoms with Crippen LogP contribution in [0.5, 0.6) is 0 Å². The van der Waals surface area contributed by atoms with Crippen LogP contribution in [0.4, 0.5) is 13.2 Å². The molecule has 0 aromatic carbocycles. The second kappa shape index (κ2) is 5.27. The maximum atomic E-state index is 12.6. The highest BCUT2D eigenvalue weighted by molar-refractivity contribution is 7.91. The number of hydrogen-bond donors (Lipinski definition) is 0. The minimum Gasteiger partial charge on any atom is -0.253 e. The summed E-state index contributed by atoms with van der Waals surface area (Å²) in [7, 11) is -3.54. The monoisotopic (exact) mass is 362 g/mol. The van der Waals surface area contributed by atoms with Crippen molar-refractivity contribution in [1.29, 1.82) is 0 Å². The molecule has 0 spiro atoms. The lowest BCUT2D eigenvalue weighted by molar-refractivity contribution is -0.138. The van der Waals surface area contributed by atoms with Crippen LogP contribution in [-0.2, 0) is 16.0 Å². The molecule has 0 saturated carbocycles. The van der Waals surface area contributed by atoms with E-state index in [1.54, 1.807) is 0 Å². The molecule has 3 rings (SSSR count). The van der Waals surface area contributed by atoms with E-state index in [2.05, 4.69) is 15.1 Å². The Morgan fingerprint density at radius 2 is 2.09 bits per heavy atom. The molecule has 0 atom stereocenters. The lowest BCUT2D eigenvalue weighted by Crippen LogP contribution is -2.07. The van der Waals surface area contributed by atoms with Gasteiger partial charge in [0.15, 0.2) is 9.84 Å². The van der Waals surface area contributed by atoms with Crippen LogP contribution in [0.2, 0.25) is 0 Å². The molecule has 0 unspecified atom stereocenters. The molecule has 3 heterocycles. The Morgan fingerprint density at radius 3 is 2.70 bits per heavy atom. The van der Waals surface area contributed by atoms with Gasteiger partial charge < -0.3 is 0 Å². The van der Waals surface area contributed by atoms with Crippen molar-refractivity contribution in [2.75, 3.05) is 5.75 Å². The smallest absolute Gasteiger partial charge is 0.253 e. The number of alkyl halides is 3. The standard InChI is InChI=1S/C12H9F3N4O2S2/c1-2-23(20,21)8-4-3-5-16-9(8)7-6-19-11(17-7)22-10(18-19)12(13,14)15/h3-6H,2H2,1H3. The van der Waals surface area contributed by atoms with Crippen molar-refractivity contribution in [1.82, 2.24) is 19.6 Å². The van der Waals surface area contributed by atoms with E-state index in [0.29, 0.717) is 11.3 Å². The van der Waals surface area contributed by atoms with Crippen LogP contribution in [0.15, 0.2) is 29.4 Å². The van der Waals surface area contributed by atoms with Gasteiger partial charge in [-0.05, 0) is 12.1 Å². The Bertz CT molecular complexity index is 944. The van der Waals surface area contributed by atoms with Crippen LogP contribution in [0.1, 0.15) is 11.9 Å². The Hall–Kier alpha value is -2.01. The van der Waals surface area contributed by atoms with Crippen molar-refractivity contribution >= 4 is 26.1 Å². The molecule has 0 saturated heterocycles. The SMILES string of the molecule is CCS(=O)(=O)c1cccnc1-c1cn2nc(C(F)(F)F)sc2n1. The third-order valence-electron chi connectivity index (χ3n) is 3.01. The molecule has 23 heavy (non-hydrogen) atoms. The topological polar surface area (TPSA) is 77.2 Å². The molecule has 0 radical (unpaired) electrons. The molecular weight excluding hydrogens is 353 g/mol. The molecule has 11 heteroatoms. The van der Waals surface area contributed by atoms with Crippen LogP contribution in [-0.4, -0.2) is 33.8 Å². The average Bonchev–Trinajstić information content (AvgIpc) is 3.05. The Labute approximate surface area is 132 Å². The van der Waals surface area contributed by atoms with Crippen LogP contribution in [0.25, 0.3) is 16.3 Å². The van der Waals surface area contributed by atoms with Crippen molar-refractivity contribution in [2.24, 2.45) is 0 Å². The number of halogens is 3. The first kappa shape index (κ1) is 15.9. The van der Waals surface area contributed by atoms with E-state index in [-0.39, 0.29) is 27.0 Å². The minimum atomic E-state index is -4.55. The predicted molar refractivity (Wildman–Crippen MR) is 76.8 cm³/mol. The second-order valence-electron chi connectivity index (χ2n) is 4.51. The molecule has 3 aromatic heterocycles. The van der Waals surface area contributed by atoms with E-state index >= 15 is 0 Å². The molecule has 122 valence electrons. The van der Waals surface area contributed by atoms with Gasteiger partial charge in [0.2, 0.25) is 9.97 Å². The number of imidazole rings is 1. The maximum absolute atomic E-state index is 12.6. The highest BCUT2D eigenvalue weighted by atomic mass is 32.2. The van der Waals surface area contributed by atoms with E-state index < -0.39 is 21.0 Å². The van der Waals surface area contributed by atoms with E-state index in [9.17, 15) is 21.6 Å². The van der Waals surface area contributed by atoms with Crippen molar-refractivity contribution in [3.05, 3.63) is 29.5 Å². The zero-order valence-electron chi connectivity index (χ0n) is 11.6. The molecule has 3 aromatic rings. The van der Waals surface area contributed by atoms with Gasteiger partial charge in [-0.3, -0.25) is 4.98 Å². The van der Waals surface area contributed by atoms with Gasteiger partial charge in [0.1, 0.15) is 11.4 Å². The van der Waals surface area contributed by atoms with Crippen LogP contribution < -0.4 is 0 Å². The highest BCUT2D eigenvalue weighted by Crippen LogP contribution is 2.34. The zero-order valence-corrected chi connectivity index (χ0v) is 13.2. The summed E-state index contributed by atoms with van der Waals surface area (Å²) in [6, 6.07) is 2.87. The van der Waals surface area contributed by atoms with Gasteiger partial charge in [-0.1, -0.05) is 18.3 Å². The largest absolute Gasteiger partial charge is 0.445 e. The van der Waals surface area contributed by atoms with Gasteiger partial charge in [0.25, 0.3) is 0 Å². The molecule has 6 nitrogen and oxygen atoms in total. The summed E-state index contributed by atoms with van der Waals surface area (Å²) in [5.74, 6) is -0.121. The molecule has 0 fully saturated rings. The molecule has 0 N–H and O–H groups in total.